The van der Waals surface area contributed by atoms with Gasteiger partial charge in [-0.1, -0.05) is 26.3 Å². The Hall–Kier alpha value is -1.79. The van der Waals surface area contributed by atoms with Gasteiger partial charge in [-0.2, -0.15) is 0 Å². The molecule has 28 heavy (non-hydrogen) atoms. The molecule has 0 bridgehead atoms. The minimum absolute atomic E-state index is 0.187. The monoisotopic (exact) mass is 417 g/mol. The van der Waals surface area contributed by atoms with Gasteiger partial charge in [-0.25, -0.2) is 4.79 Å². The zero-order valence-corrected chi connectivity index (χ0v) is 18.3. The minimum Gasteiger partial charge on any atom is -0.462 e. The number of ether oxygens (including phenoxy) is 1. The summed E-state index contributed by atoms with van der Waals surface area (Å²) in [6, 6.07) is 7.62. The Kier molecular flexibility index (Phi) is 7.18. The number of rotatable bonds is 6. The second kappa shape index (κ2) is 9.61. The number of hydrogen-bond acceptors (Lipinski definition) is 5. The average molecular weight is 418 g/mol. The van der Waals surface area contributed by atoms with Crippen molar-refractivity contribution in [2.45, 2.75) is 63.0 Å². The van der Waals surface area contributed by atoms with E-state index in [1.807, 2.05) is 24.3 Å². The highest BCUT2D eigenvalue weighted by Gasteiger charge is 2.26. The summed E-state index contributed by atoms with van der Waals surface area (Å²) in [6.07, 6.45) is 5.19. The Bertz CT molecular complexity index is 857. The summed E-state index contributed by atoms with van der Waals surface area (Å²) >= 11 is 3.25. The lowest BCUT2D eigenvalue weighted by atomic mass is 10.1. The molecule has 2 aromatic rings. The van der Waals surface area contributed by atoms with Gasteiger partial charge < -0.3 is 10.1 Å². The summed E-state index contributed by atoms with van der Waals surface area (Å²) in [6.45, 7) is 6.38. The van der Waals surface area contributed by atoms with Gasteiger partial charge in [0.15, 0.2) is 0 Å². The Morgan fingerprint density at radius 2 is 2.00 bits per heavy atom. The predicted octanol–water partition coefficient (Wildman–Crippen LogP) is 5.95. The van der Waals surface area contributed by atoms with Crippen LogP contribution in [0.3, 0.4) is 0 Å². The Morgan fingerprint density at radius 1 is 1.21 bits per heavy atom. The van der Waals surface area contributed by atoms with E-state index in [9.17, 15) is 9.59 Å². The molecule has 0 spiro atoms. The van der Waals surface area contributed by atoms with Gasteiger partial charge in [0.2, 0.25) is 0 Å². The third kappa shape index (κ3) is 4.97. The van der Waals surface area contributed by atoms with Crippen LogP contribution in [-0.4, -0.2) is 23.7 Å². The summed E-state index contributed by atoms with van der Waals surface area (Å²) in [5.74, 6) is -0.519. The van der Waals surface area contributed by atoms with E-state index < -0.39 is 0 Å². The lowest BCUT2D eigenvalue weighted by Gasteiger charge is -2.10. The molecule has 0 unspecified atom stereocenters. The molecular formula is C22H27NO3S2. The average Bonchev–Trinajstić information content (AvgIpc) is 2.82. The van der Waals surface area contributed by atoms with Crippen LogP contribution in [-0.2, 0) is 17.6 Å². The smallest absolute Gasteiger partial charge is 0.341 e. The molecule has 1 aliphatic carbocycles. The number of amides is 1. The van der Waals surface area contributed by atoms with Crippen LogP contribution >= 0.6 is 23.1 Å². The number of carbonyl (C=O) groups is 2. The minimum atomic E-state index is -0.332. The van der Waals surface area contributed by atoms with Gasteiger partial charge in [-0.15, -0.1) is 23.1 Å². The molecule has 1 N–H and O–H groups in total. The van der Waals surface area contributed by atoms with Crippen molar-refractivity contribution in [3.8, 4) is 0 Å². The fourth-order valence-electron chi connectivity index (χ4n) is 3.41. The Labute approximate surface area is 175 Å². The predicted molar refractivity (Wildman–Crippen MR) is 117 cm³/mol. The maximum atomic E-state index is 12.9. The van der Waals surface area contributed by atoms with Crippen LogP contribution in [0.15, 0.2) is 29.2 Å². The molecule has 6 heteroatoms. The number of thiophene rings is 1. The Balaban J connectivity index is 1.89. The van der Waals surface area contributed by atoms with Gasteiger partial charge in [0.25, 0.3) is 5.91 Å². The van der Waals surface area contributed by atoms with Crippen molar-refractivity contribution < 1.29 is 14.3 Å². The van der Waals surface area contributed by atoms with E-state index in [1.54, 1.807) is 18.7 Å². The van der Waals surface area contributed by atoms with E-state index in [2.05, 4.69) is 19.2 Å². The normalized spacial score (nSPS) is 13.7. The molecule has 0 aliphatic heterocycles. The van der Waals surface area contributed by atoms with Crippen LogP contribution in [0.4, 0.5) is 5.00 Å². The lowest BCUT2D eigenvalue weighted by molar-refractivity contribution is 0.0527. The molecule has 1 heterocycles. The van der Waals surface area contributed by atoms with Gasteiger partial charge >= 0.3 is 5.97 Å². The number of thioether (sulfide) groups is 1. The first kappa shape index (κ1) is 20.9. The highest BCUT2D eigenvalue weighted by atomic mass is 32.2. The maximum Gasteiger partial charge on any atom is 0.341 e. The van der Waals surface area contributed by atoms with Gasteiger partial charge in [-0.05, 0) is 56.4 Å². The number of benzene rings is 1. The van der Waals surface area contributed by atoms with Crippen LogP contribution in [0.5, 0.6) is 0 Å². The second-order valence-corrected chi connectivity index (χ2v) is 9.89. The van der Waals surface area contributed by atoms with Crippen LogP contribution in [0.25, 0.3) is 0 Å². The van der Waals surface area contributed by atoms with E-state index in [4.69, 9.17) is 4.74 Å². The number of aryl methyl sites for hydroxylation is 1. The molecule has 1 aromatic heterocycles. The number of esters is 1. The summed E-state index contributed by atoms with van der Waals surface area (Å²) in [5.41, 5.74) is 2.23. The quantitative estimate of drug-likeness (QED) is 0.359. The van der Waals surface area contributed by atoms with Gasteiger partial charge in [0.05, 0.1) is 12.2 Å². The van der Waals surface area contributed by atoms with Crippen LogP contribution in [0, 0.1) is 0 Å². The van der Waals surface area contributed by atoms with E-state index in [-0.39, 0.29) is 11.9 Å². The SMILES string of the molecule is CCOC(=O)c1c(NC(=O)c2cccc(SC(C)C)c2)sc2c1CCCCC2. The summed E-state index contributed by atoms with van der Waals surface area (Å²) in [4.78, 5) is 27.8. The van der Waals surface area contributed by atoms with E-state index in [0.717, 1.165) is 36.1 Å². The third-order valence-electron chi connectivity index (χ3n) is 4.60. The molecule has 0 radical (unpaired) electrons. The number of carbonyl (C=O) groups excluding carboxylic acids is 2. The first-order chi connectivity index (χ1) is 13.5. The standard InChI is InChI=1S/C22H27NO3S2/c1-4-26-22(25)19-17-11-6-5-7-12-18(17)28-21(19)23-20(24)15-9-8-10-16(13-15)27-14(2)3/h8-10,13-14H,4-7,11-12H2,1-3H3,(H,23,24). The van der Waals surface area contributed by atoms with Crippen molar-refractivity contribution in [2.24, 2.45) is 0 Å². The van der Waals surface area contributed by atoms with Crippen molar-refractivity contribution >= 4 is 40.0 Å². The van der Waals surface area contributed by atoms with E-state index in [1.165, 1.54) is 22.6 Å². The topological polar surface area (TPSA) is 55.4 Å². The molecule has 0 fully saturated rings. The third-order valence-corrected chi connectivity index (χ3v) is 6.80. The van der Waals surface area contributed by atoms with Crippen LogP contribution < -0.4 is 5.32 Å². The van der Waals surface area contributed by atoms with Crippen molar-refractivity contribution in [1.29, 1.82) is 0 Å². The lowest BCUT2D eigenvalue weighted by Crippen LogP contribution is -2.15. The Morgan fingerprint density at radius 3 is 2.75 bits per heavy atom. The maximum absolute atomic E-state index is 12.9. The number of fused-ring (bicyclic) bond motifs is 1. The number of nitrogens with one attached hydrogen (secondary N) is 1. The van der Waals surface area contributed by atoms with Crippen molar-refractivity contribution in [2.75, 3.05) is 11.9 Å². The fourth-order valence-corrected chi connectivity index (χ4v) is 5.58. The molecule has 1 amide bonds. The van der Waals surface area contributed by atoms with Crippen molar-refractivity contribution in [1.82, 2.24) is 0 Å². The number of hydrogen-bond donors (Lipinski definition) is 1. The molecular weight excluding hydrogens is 390 g/mol. The zero-order valence-electron chi connectivity index (χ0n) is 16.7. The number of anilines is 1. The van der Waals surface area contributed by atoms with E-state index >= 15 is 0 Å². The van der Waals surface area contributed by atoms with Gasteiger partial charge in [0.1, 0.15) is 5.00 Å². The molecule has 1 aliphatic rings. The second-order valence-electron chi connectivity index (χ2n) is 7.14. The summed E-state index contributed by atoms with van der Waals surface area (Å²) in [7, 11) is 0. The van der Waals surface area contributed by atoms with Crippen LogP contribution in [0.2, 0.25) is 0 Å². The van der Waals surface area contributed by atoms with Crippen molar-refractivity contribution in [3.63, 3.8) is 0 Å². The molecule has 0 atom stereocenters. The molecule has 0 saturated carbocycles. The van der Waals surface area contributed by atoms with Gasteiger partial charge in [0, 0.05) is 20.6 Å². The van der Waals surface area contributed by atoms with Crippen molar-refractivity contribution in [3.05, 3.63) is 45.8 Å². The largest absolute Gasteiger partial charge is 0.462 e. The molecule has 0 saturated heterocycles. The first-order valence-electron chi connectivity index (χ1n) is 9.89. The van der Waals surface area contributed by atoms with Gasteiger partial charge in [-0.3, -0.25) is 4.79 Å². The highest BCUT2D eigenvalue weighted by molar-refractivity contribution is 7.99. The first-order valence-corrected chi connectivity index (χ1v) is 11.6. The summed E-state index contributed by atoms with van der Waals surface area (Å²) in [5, 5.41) is 4.06. The molecule has 1 aromatic carbocycles. The molecule has 3 rings (SSSR count). The van der Waals surface area contributed by atoms with E-state index in [0.29, 0.717) is 28.0 Å². The molecule has 4 nitrogen and oxygen atoms in total. The highest BCUT2D eigenvalue weighted by Crippen LogP contribution is 2.38. The summed E-state index contributed by atoms with van der Waals surface area (Å²) < 4.78 is 5.30. The molecule has 150 valence electrons. The van der Waals surface area contributed by atoms with Crippen LogP contribution in [0.1, 0.15) is 71.2 Å². The fraction of sp³-hybridized carbons (Fsp3) is 0.455. The zero-order chi connectivity index (χ0) is 20.1.